The summed E-state index contributed by atoms with van der Waals surface area (Å²) in [6.07, 6.45) is 3.16. The number of carboxylic acid groups (broad SMARTS) is 1. The smallest absolute Gasteiger partial charge is 0.409 e. The van der Waals surface area contributed by atoms with Crippen LogP contribution in [-0.2, 0) is 12.0 Å². The van der Waals surface area contributed by atoms with Gasteiger partial charge in [-0.3, -0.25) is 10.2 Å². The maximum atomic E-state index is 11.8. The maximum Gasteiger partial charge on any atom is 0.409 e. The maximum absolute atomic E-state index is 11.8. The van der Waals surface area contributed by atoms with Crippen LogP contribution in [0.3, 0.4) is 0 Å². The van der Waals surface area contributed by atoms with Gasteiger partial charge in [-0.2, -0.15) is 5.26 Å². The number of hydrogen-bond acceptors (Lipinski definition) is 5. The Morgan fingerprint density at radius 1 is 1.25 bits per heavy atom. The number of anilines is 1. The number of hydrogen-bond donors (Lipinski definition) is 4. The fourth-order valence-electron chi connectivity index (χ4n) is 4.61. The van der Waals surface area contributed by atoms with E-state index in [-0.39, 0.29) is 0 Å². The van der Waals surface area contributed by atoms with Gasteiger partial charge in [0.2, 0.25) is 11.8 Å². The van der Waals surface area contributed by atoms with Crippen LogP contribution in [0.2, 0.25) is 5.02 Å². The van der Waals surface area contributed by atoms with E-state index in [4.69, 9.17) is 21.5 Å². The number of amides is 1. The number of halogens is 1. The van der Waals surface area contributed by atoms with Gasteiger partial charge >= 0.3 is 6.09 Å². The number of nitrogens with zero attached hydrogens (tertiary/aromatic N) is 3. The van der Waals surface area contributed by atoms with Crippen LogP contribution in [-0.4, -0.2) is 33.4 Å². The number of fused-ring (bicyclic) bond motifs is 1. The van der Waals surface area contributed by atoms with E-state index in [2.05, 4.69) is 21.4 Å². The van der Waals surface area contributed by atoms with Gasteiger partial charge in [0, 0.05) is 26.6 Å². The summed E-state index contributed by atoms with van der Waals surface area (Å²) in [5.74, 6) is 0.364. The summed E-state index contributed by atoms with van der Waals surface area (Å²) in [7, 11) is 1.51. The van der Waals surface area contributed by atoms with Crippen LogP contribution in [0.25, 0.3) is 22.4 Å². The number of rotatable bonds is 5. The number of pyridine rings is 1. The first-order chi connectivity index (χ1) is 17.3. The van der Waals surface area contributed by atoms with E-state index in [1.165, 1.54) is 11.8 Å². The van der Waals surface area contributed by atoms with E-state index >= 15 is 0 Å². The second kappa shape index (κ2) is 9.00. The number of aryl methyl sites for hydroxylation is 1. The largest absolute Gasteiger partial charge is 0.465 e. The Hall–Kier alpha value is -4.39. The summed E-state index contributed by atoms with van der Waals surface area (Å²) < 4.78 is 1.51. The monoisotopic (exact) mass is 502 g/mol. The first kappa shape index (κ1) is 23.4. The normalized spacial score (nSPS) is 16.3. The average molecular weight is 503 g/mol. The summed E-state index contributed by atoms with van der Waals surface area (Å²) in [6.45, 7) is 0. The molecule has 0 radical (unpaired) electrons. The summed E-state index contributed by atoms with van der Waals surface area (Å²) >= 11 is 6.19. The van der Waals surface area contributed by atoms with Crippen LogP contribution >= 0.6 is 11.6 Å². The Bertz CT molecular complexity index is 1530. The van der Waals surface area contributed by atoms with Gasteiger partial charge < -0.3 is 15.2 Å². The van der Waals surface area contributed by atoms with Gasteiger partial charge in [0.25, 0.3) is 5.69 Å². The van der Waals surface area contributed by atoms with Gasteiger partial charge in [-0.25, -0.2) is 9.78 Å². The molecule has 36 heavy (non-hydrogen) atoms. The number of nitrogens with one attached hydrogen (secondary N) is 2. The summed E-state index contributed by atoms with van der Waals surface area (Å²) in [5, 5.41) is 33.0. The van der Waals surface area contributed by atoms with Crippen LogP contribution in [0.1, 0.15) is 29.1 Å². The van der Waals surface area contributed by atoms with Crippen molar-refractivity contribution in [2.75, 3.05) is 12.4 Å². The first-order valence-electron chi connectivity index (χ1n) is 11.0. The molecule has 180 valence electrons. The van der Waals surface area contributed by atoms with E-state index in [1.807, 2.05) is 6.07 Å². The van der Waals surface area contributed by atoms with Crippen LogP contribution < -0.4 is 14.9 Å². The predicted molar refractivity (Wildman–Crippen MR) is 131 cm³/mol. The SMILES string of the molecule is CO[n+]1cc(-c2cc(Cl)ccc2C#N)cc2c1[C@](O)(c1ncc(-c3ccc(NC(=O)O)cc3)[nH]1)CC2. The number of H-pyrrole nitrogens is 1. The highest BCUT2D eigenvalue weighted by atomic mass is 35.5. The molecule has 4 aromatic rings. The summed E-state index contributed by atoms with van der Waals surface area (Å²) in [5.41, 5.74) is 3.79. The molecule has 2 aromatic heterocycles. The number of aliphatic hydroxyl groups is 1. The Labute approximate surface area is 211 Å². The first-order valence-corrected chi connectivity index (χ1v) is 11.4. The molecule has 9 nitrogen and oxygen atoms in total. The minimum atomic E-state index is -1.43. The van der Waals surface area contributed by atoms with Crippen molar-refractivity contribution < 1.29 is 24.6 Å². The average Bonchev–Trinajstić information content (AvgIpc) is 3.50. The summed E-state index contributed by atoms with van der Waals surface area (Å²) in [6, 6.07) is 16.0. The van der Waals surface area contributed by atoms with Gasteiger partial charge in [-0.05, 0) is 54.8 Å². The molecular weight excluding hydrogens is 482 g/mol. The van der Waals surface area contributed by atoms with E-state index in [0.717, 1.165) is 16.7 Å². The lowest BCUT2D eigenvalue weighted by atomic mass is 9.97. The third-order valence-electron chi connectivity index (χ3n) is 6.28. The van der Waals surface area contributed by atoms with E-state index in [9.17, 15) is 15.2 Å². The molecule has 1 aliphatic carbocycles. The molecule has 4 N–H and O–H groups in total. The predicted octanol–water partition coefficient (Wildman–Crippen LogP) is 3.89. The number of imidazole rings is 1. The van der Waals surface area contributed by atoms with Gasteiger partial charge in [-0.1, -0.05) is 23.7 Å². The zero-order valence-electron chi connectivity index (χ0n) is 19.1. The van der Waals surface area contributed by atoms with Crippen LogP contribution in [0.5, 0.6) is 0 Å². The van der Waals surface area contributed by atoms with Gasteiger partial charge in [0.15, 0.2) is 0 Å². The van der Waals surface area contributed by atoms with Crippen molar-refractivity contribution in [3.8, 4) is 28.5 Å². The molecule has 0 fully saturated rings. The minimum absolute atomic E-state index is 0.364. The molecule has 2 heterocycles. The summed E-state index contributed by atoms with van der Waals surface area (Å²) in [4.78, 5) is 24.1. The fraction of sp³-hybridized carbons (Fsp3) is 0.154. The number of carbonyl (C=O) groups is 1. The molecule has 0 bridgehead atoms. The van der Waals surface area contributed by atoms with E-state index < -0.39 is 11.7 Å². The zero-order valence-corrected chi connectivity index (χ0v) is 19.9. The lowest BCUT2D eigenvalue weighted by molar-refractivity contribution is -0.893. The standard InChI is InChI=1S/C26H20ClN5O4/c1-36-32-14-18(21-11-19(27)5-2-17(21)12-28)10-16-8-9-26(35,23(16)32)24-29-13-22(31-24)15-3-6-20(7-4-15)30-25(33)34/h2-7,10-11,13-14,30,35H,8-9H2,1H3,(H-,29,31,33,34)/p+1/t26-/m0/s1. The van der Waals surface area contributed by atoms with Crippen molar-refractivity contribution in [2.24, 2.45) is 0 Å². The second-order valence-corrected chi connectivity index (χ2v) is 8.86. The number of aromatic nitrogens is 3. The molecule has 0 unspecified atom stereocenters. The zero-order chi connectivity index (χ0) is 25.4. The quantitative estimate of drug-likeness (QED) is 0.306. The molecule has 1 atom stereocenters. The minimum Gasteiger partial charge on any atom is -0.465 e. The number of nitriles is 1. The number of aromatic amines is 1. The second-order valence-electron chi connectivity index (χ2n) is 8.43. The molecule has 0 saturated carbocycles. The Balaban J connectivity index is 1.53. The Morgan fingerprint density at radius 2 is 2.03 bits per heavy atom. The van der Waals surface area contributed by atoms with Crippen LogP contribution in [0.4, 0.5) is 10.5 Å². The Morgan fingerprint density at radius 3 is 2.72 bits per heavy atom. The highest BCUT2D eigenvalue weighted by Crippen LogP contribution is 2.41. The molecule has 2 aromatic carbocycles. The molecule has 0 spiro atoms. The van der Waals surface area contributed by atoms with E-state index in [0.29, 0.717) is 51.9 Å². The van der Waals surface area contributed by atoms with Gasteiger partial charge in [0.1, 0.15) is 12.9 Å². The number of benzene rings is 2. The highest BCUT2D eigenvalue weighted by molar-refractivity contribution is 6.30. The van der Waals surface area contributed by atoms with Crippen molar-refractivity contribution in [3.05, 3.63) is 88.6 Å². The van der Waals surface area contributed by atoms with Crippen molar-refractivity contribution in [1.29, 1.82) is 5.26 Å². The Kier molecular flexibility index (Phi) is 5.84. The van der Waals surface area contributed by atoms with Crippen molar-refractivity contribution >= 4 is 23.4 Å². The lowest BCUT2D eigenvalue weighted by Crippen LogP contribution is -2.50. The third kappa shape index (κ3) is 4.02. The third-order valence-corrected chi connectivity index (χ3v) is 6.52. The lowest BCUT2D eigenvalue weighted by Gasteiger charge is -2.18. The van der Waals surface area contributed by atoms with Crippen LogP contribution in [0.15, 0.2) is 60.9 Å². The molecule has 10 heteroatoms. The molecule has 0 aliphatic heterocycles. The van der Waals surface area contributed by atoms with Crippen molar-refractivity contribution in [3.63, 3.8) is 0 Å². The fourth-order valence-corrected chi connectivity index (χ4v) is 4.78. The highest BCUT2D eigenvalue weighted by Gasteiger charge is 2.50. The van der Waals surface area contributed by atoms with Gasteiger partial charge in [-0.15, -0.1) is 0 Å². The molecule has 0 saturated heterocycles. The molecule has 1 aliphatic rings. The van der Waals surface area contributed by atoms with Crippen LogP contribution in [0, 0.1) is 11.3 Å². The topological polar surface area (TPSA) is 135 Å². The van der Waals surface area contributed by atoms with E-state index in [1.54, 1.807) is 54.9 Å². The molecule has 1 amide bonds. The molecule has 5 rings (SSSR count). The van der Waals surface area contributed by atoms with Gasteiger partial charge in [0.05, 0.1) is 29.1 Å². The van der Waals surface area contributed by atoms with Crippen molar-refractivity contribution in [2.45, 2.75) is 18.4 Å². The molecular formula is C26H21ClN5O4+. The van der Waals surface area contributed by atoms with Crippen molar-refractivity contribution in [1.82, 2.24) is 9.97 Å².